The van der Waals surface area contributed by atoms with E-state index in [0.29, 0.717) is 95.9 Å². The third-order valence-corrected chi connectivity index (χ3v) is 9.17. The maximum absolute atomic E-state index is 13.2. The van der Waals surface area contributed by atoms with Gasteiger partial charge in [0.15, 0.2) is 0 Å². The largest absolute Gasteiger partial charge is 0.300 e. The van der Waals surface area contributed by atoms with E-state index >= 15 is 0 Å². The maximum atomic E-state index is 13.2. The summed E-state index contributed by atoms with van der Waals surface area (Å²) in [5.74, 6) is 9.32. The molecule has 0 saturated heterocycles. The highest BCUT2D eigenvalue weighted by Crippen LogP contribution is 2.19. The van der Waals surface area contributed by atoms with Crippen molar-refractivity contribution in [2.45, 2.75) is 51.6 Å². The number of nitrogens with zero attached hydrogens (tertiary/aromatic N) is 4. The first-order valence-corrected chi connectivity index (χ1v) is 17.6. The van der Waals surface area contributed by atoms with Crippen molar-refractivity contribution >= 4 is 49.3 Å². The number of carbonyl (C=O) groups is 2. The first kappa shape index (κ1) is 36.7. The van der Waals surface area contributed by atoms with Crippen LogP contribution in [0.2, 0.25) is 0 Å². The molecule has 2 aliphatic heterocycles. The van der Waals surface area contributed by atoms with E-state index in [1.54, 1.807) is 57.7 Å². The van der Waals surface area contributed by atoms with Gasteiger partial charge in [0.1, 0.15) is 34.8 Å². The molecule has 0 spiro atoms. The Morgan fingerprint density at radius 3 is 1.60 bits per heavy atom. The summed E-state index contributed by atoms with van der Waals surface area (Å²) < 4.78 is 29.6. The third-order valence-electron chi connectivity index (χ3n) is 8.68. The zero-order valence-electron chi connectivity index (χ0n) is 28.4. The fourth-order valence-corrected chi connectivity index (χ4v) is 6.29. The Kier molecular flexibility index (Phi) is 11.5. The fourth-order valence-electron chi connectivity index (χ4n) is 5.94. The Morgan fingerprint density at radius 2 is 1.08 bits per heavy atom. The van der Waals surface area contributed by atoms with Crippen molar-refractivity contribution in [2.24, 2.45) is 0 Å². The van der Waals surface area contributed by atoms with Crippen LogP contribution in [0, 0.1) is 35.8 Å². The lowest BCUT2D eigenvalue weighted by Crippen LogP contribution is -2.24. The number of aromatic nitrogens is 4. The summed E-state index contributed by atoms with van der Waals surface area (Å²) in [7, 11) is 0. The summed E-state index contributed by atoms with van der Waals surface area (Å²) in [5.41, 5.74) is 2.95. The predicted molar refractivity (Wildman–Crippen MR) is 202 cm³/mol. The topological polar surface area (TPSA) is 104 Å². The van der Waals surface area contributed by atoms with Crippen molar-refractivity contribution in [3.05, 3.63) is 150 Å². The van der Waals surface area contributed by atoms with Gasteiger partial charge in [0, 0.05) is 72.8 Å². The molecule has 0 fully saturated rings. The number of Topliss-reactive ketones (excluding diaryl/α,β-unsaturated/α-hetero) is 2. The summed E-state index contributed by atoms with van der Waals surface area (Å²) in [6.45, 7) is 0.836. The van der Waals surface area contributed by atoms with E-state index < -0.39 is 0 Å². The lowest BCUT2D eigenvalue weighted by molar-refractivity contribution is -0.119. The molecule has 0 radical (unpaired) electrons. The van der Waals surface area contributed by atoms with E-state index in [2.05, 4.69) is 43.7 Å². The first-order chi connectivity index (χ1) is 25.6. The second-order valence-corrected chi connectivity index (χ2v) is 13.3. The minimum absolute atomic E-state index is 0.0443. The van der Waals surface area contributed by atoms with Gasteiger partial charge in [-0.2, -0.15) is 0 Å². The van der Waals surface area contributed by atoms with Crippen molar-refractivity contribution in [3.63, 3.8) is 0 Å². The van der Waals surface area contributed by atoms with Gasteiger partial charge in [0.2, 0.25) is 0 Å². The number of rotatable bonds is 0. The molecule has 0 bridgehead atoms. The van der Waals surface area contributed by atoms with Gasteiger partial charge in [-0.15, -0.1) is 6.42 Å². The highest BCUT2D eigenvalue weighted by molar-refractivity contribution is 9.10. The molecule has 53 heavy (non-hydrogen) atoms. The molecule has 8 nitrogen and oxygen atoms in total. The van der Waals surface area contributed by atoms with Gasteiger partial charge in [-0.25, -0.2) is 18.7 Å². The van der Waals surface area contributed by atoms with Crippen LogP contribution in [-0.4, -0.2) is 30.7 Å². The number of fused-ring (bicyclic) bond motifs is 4. The number of aryl methyl sites for hydroxylation is 2. The number of benzene rings is 4. The van der Waals surface area contributed by atoms with Crippen LogP contribution in [0.15, 0.2) is 99.0 Å². The quantitative estimate of drug-likeness (QED) is 0.159. The molecule has 8 rings (SSSR count). The fraction of sp³-hybridized carbons (Fsp3) is 0.190. The Morgan fingerprint density at radius 1 is 0.585 bits per heavy atom. The molecule has 2 aromatic heterocycles. The Balaban J connectivity index is 0.000000153. The lowest BCUT2D eigenvalue weighted by Gasteiger charge is -2.09. The van der Waals surface area contributed by atoms with Gasteiger partial charge >= 0.3 is 0 Å². The summed E-state index contributed by atoms with van der Waals surface area (Å²) in [4.78, 5) is 57.3. The Labute approximate surface area is 311 Å². The minimum Gasteiger partial charge on any atom is -0.300 e. The Hall–Kier alpha value is -6.04. The molecule has 0 N–H and O–H groups in total. The van der Waals surface area contributed by atoms with E-state index in [4.69, 9.17) is 6.42 Å². The van der Waals surface area contributed by atoms with Crippen LogP contribution in [0.3, 0.4) is 0 Å². The van der Waals surface area contributed by atoms with Gasteiger partial charge < -0.3 is 0 Å². The predicted octanol–water partition coefficient (Wildman–Crippen LogP) is 6.71. The maximum Gasteiger partial charge on any atom is 0.261 e. The smallest absolute Gasteiger partial charge is 0.261 e. The van der Waals surface area contributed by atoms with Gasteiger partial charge in [0.05, 0.1) is 21.8 Å². The summed E-state index contributed by atoms with van der Waals surface area (Å²) in [6.07, 6.45) is 7.72. The van der Waals surface area contributed by atoms with Crippen LogP contribution < -0.4 is 11.1 Å². The van der Waals surface area contributed by atoms with Gasteiger partial charge in [-0.05, 0) is 72.8 Å². The molecule has 11 heteroatoms. The molecule has 0 atom stereocenters. The zero-order chi connectivity index (χ0) is 37.5. The molecule has 0 amide bonds. The highest BCUT2D eigenvalue weighted by atomic mass is 79.9. The number of halogens is 3. The SMILES string of the molecule is C#Cc1cccc(F)c1.O=C1CCc2nc3cc(Br)ccc3c(=O)n2CC1.O=C1CCc2nc3cc(C#Cc4cccc(F)c4)ccc3c(=O)n2CC1. The number of ketones is 2. The van der Waals surface area contributed by atoms with E-state index in [-0.39, 0.29) is 34.3 Å². The summed E-state index contributed by atoms with van der Waals surface area (Å²) in [5, 5.41) is 1.12. The number of hydrogen-bond acceptors (Lipinski definition) is 6. The van der Waals surface area contributed by atoms with Crippen molar-refractivity contribution < 1.29 is 18.4 Å². The number of hydrogen-bond donors (Lipinski definition) is 0. The van der Waals surface area contributed by atoms with Crippen molar-refractivity contribution in [2.75, 3.05) is 0 Å². The molecule has 0 aliphatic carbocycles. The molecule has 0 saturated carbocycles. The van der Waals surface area contributed by atoms with Gasteiger partial charge in [-0.3, -0.25) is 28.3 Å². The van der Waals surface area contributed by atoms with E-state index in [1.165, 1.54) is 24.3 Å². The standard InChI is InChI=1S/C21H15FN2O2.C13H11BrN2O2.C8H5F/c22-16-3-1-2-14(12-16)4-5-15-6-8-18-19(13-15)23-20-9-7-17(25)10-11-24(20)21(18)26;14-8-1-3-10-11(7-8)15-12-4-2-9(17)5-6-16(12)13(10)18;1-2-7-4-3-5-8(9)6-7/h1-3,6,8,12-13H,7,9-11H2;1,3,7H,2,4-6H2;1,3-6H. The van der Waals surface area contributed by atoms with E-state index in [1.807, 2.05) is 12.1 Å². The summed E-state index contributed by atoms with van der Waals surface area (Å²) in [6, 6.07) is 22.7. The van der Waals surface area contributed by atoms with Crippen LogP contribution in [0.25, 0.3) is 21.8 Å². The van der Waals surface area contributed by atoms with Crippen LogP contribution >= 0.6 is 15.9 Å². The van der Waals surface area contributed by atoms with Crippen LogP contribution in [0.1, 0.15) is 54.0 Å². The second-order valence-electron chi connectivity index (χ2n) is 12.4. The molecule has 264 valence electrons. The number of terminal acetylenes is 1. The van der Waals surface area contributed by atoms with Crippen LogP contribution in [0.5, 0.6) is 0 Å². The molecule has 6 aromatic rings. The average molecular weight is 774 g/mol. The summed E-state index contributed by atoms with van der Waals surface area (Å²) >= 11 is 3.38. The second kappa shape index (κ2) is 16.5. The average Bonchev–Trinajstić information content (AvgIpc) is 3.46. The molecule has 2 aliphatic rings. The van der Waals surface area contributed by atoms with Crippen molar-refractivity contribution in [1.29, 1.82) is 0 Å². The third kappa shape index (κ3) is 9.07. The van der Waals surface area contributed by atoms with Crippen LogP contribution in [-0.2, 0) is 35.5 Å². The van der Waals surface area contributed by atoms with E-state index in [0.717, 1.165) is 10.3 Å². The Bertz CT molecular complexity index is 2630. The molecule has 4 aromatic carbocycles. The molecule has 4 heterocycles. The monoisotopic (exact) mass is 772 g/mol. The van der Waals surface area contributed by atoms with E-state index in [9.17, 15) is 28.0 Å². The number of carbonyl (C=O) groups excluding carboxylic acids is 2. The highest BCUT2D eigenvalue weighted by Gasteiger charge is 2.18. The molecule has 0 unspecified atom stereocenters. The molecular weight excluding hydrogens is 742 g/mol. The van der Waals surface area contributed by atoms with Crippen molar-refractivity contribution in [1.82, 2.24) is 19.1 Å². The van der Waals surface area contributed by atoms with Gasteiger partial charge in [0.25, 0.3) is 11.1 Å². The van der Waals surface area contributed by atoms with Crippen LogP contribution in [0.4, 0.5) is 8.78 Å². The van der Waals surface area contributed by atoms with Crippen molar-refractivity contribution in [3.8, 4) is 24.2 Å². The minimum atomic E-state index is -0.331. The molecular formula is C42H31BrF2N4O4. The lowest BCUT2D eigenvalue weighted by atomic mass is 10.1. The normalized spacial score (nSPS) is 13.4. The first-order valence-electron chi connectivity index (χ1n) is 16.8. The zero-order valence-corrected chi connectivity index (χ0v) is 30.0. The van der Waals surface area contributed by atoms with Gasteiger partial charge in [-0.1, -0.05) is 45.8 Å².